The van der Waals surface area contributed by atoms with Gasteiger partial charge in [-0.2, -0.15) is 13.2 Å². The number of halogens is 3. The molecule has 106 valence electrons. The zero-order chi connectivity index (χ0) is 14.6. The van der Waals surface area contributed by atoms with Crippen molar-refractivity contribution in [3.63, 3.8) is 0 Å². The smallest absolute Gasteiger partial charge is 0.405 e. The van der Waals surface area contributed by atoms with E-state index in [4.69, 9.17) is 5.11 Å². The van der Waals surface area contributed by atoms with Crippen LogP contribution in [0.4, 0.5) is 19.0 Å². The van der Waals surface area contributed by atoms with E-state index in [9.17, 15) is 18.0 Å². The third kappa shape index (κ3) is 4.11. The predicted molar refractivity (Wildman–Crippen MR) is 64.5 cm³/mol. The fraction of sp³-hybridized carbons (Fsp3) is 0.500. The molecule has 1 heterocycles. The zero-order valence-electron chi connectivity index (χ0n) is 10.7. The number of carboxylic acids is 1. The molecule has 1 rings (SSSR count). The Morgan fingerprint density at radius 1 is 1.47 bits per heavy atom. The predicted octanol–water partition coefficient (Wildman–Crippen LogP) is 2.87. The van der Waals surface area contributed by atoms with Crippen LogP contribution in [-0.2, 0) is 0 Å². The normalized spacial score (nSPS) is 11.4. The van der Waals surface area contributed by atoms with Crippen LogP contribution in [0.25, 0.3) is 0 Å². The number of alkyl halides is 3. The summed E-state index contributed by atoms with van der Waals surface area (Å²) in [7, 11) is 0. The highest BCUT2D eigenvalue weighted by Gasteiger charge is 2.32. The fourth-order valence-corrected chi connectivity index (χ4v) is 1.79. The molecule has 7 heteroatoms. The largest absolute Gasteiger partial charge is 0.478 e. The van der Waals surface area contributed by atoms with Gasteiger partial charge in [-0.3, -0.25) is 0 Å². The van der Waals surface area contributed by atoms with Crippen LogP contribution in [0.2, 0.25) is 0 Å². The first-order valence-corrected chi connectivity index (χ1v) is 5.77. The summed E-state index contributed by atoms with van der Waals surface area (Å²) in [5.41, 5.74) is 0.209. The van der Waals surface area contributed by atoms with E-state index >= 15 is 0 Å². The first kappa shape index (κ1) is 15.3. The second-order valence-corrected chi connectivity index (χ2v) is 4.17. The molecule has 4 nitrogen and oxygen atoms in total. The van der Waals surface area contributed by atoms with Crippen LogP contribution in [0.15, 0.2) is 12.3 Å². The molecule has 0 amide bonds. The number of carboxylic acid groups (broad SMARTS) is 1. The van der Waals surface area contributed by atoms with Gasteiger partial charge in [0.1, 0.15) is 17.9 Å². The topological polar surface area (TPSA) is 53.4 Å². The number of anilines is 1. The van der Waals surface area contributed by atoms with Crippen molar-refractivity contribution < 1.29 is 23.1 Å². The molecule has 1 N–H and O–H groups in total. The number of rotatable bonds is 5. The van der Waals surface area contributed by atoms with Gasteiger partial charge in [-0.1, -0.05) is 6.92 Å². The molecule has 0 radical (unpaired) electrons. The summed E-state index contributed by atoms with van der Waals surface area (Å²) in [6.07, 6.45) is -2.63. The average Bonchev–Trinajstić information content (AvgIpc) is 2.25. The molecule has 0 aromatic carbocycles. The van der Waals surface area contributed by atoms with Crippen LogP contribution in [0.1, 0.15) is 29.3 Å². The van der Waals surface area contributed by atoms with Gasteiger partial charge in [0.25, 0.3) is 0 Å². The third-order valence-corrected chi connectivity index (χ3v) is 2.52. The van der Waals surface area contributed by atoms with Gasteiger partial charge in [-0.15, -0.1) is 0 Å². The van der Waals surface area contributed by atoms with Gasteiger partial charge >= 0.3 is 12.1 Å². The molecule has 0 aliphatic heterocycles. The molecule has 1 aromatic rings. The second kappa shape index (κ2) is 5.90. The molecule has 0 saturated carbocycles. The molecule has 0 saturated heterocycles. The molecule has 0 spiro atoms. The fourth-order valence-electron chi connectivity index (χ4n) is 1.79. The van der Waals surface area contributed by atoms with Gasteiger partial charge in [0.05, 0.1) is 0 Å². The lowest BCUT2D eigenvalue weighted by molar-refractivity contribution is -0.119. The third-order valence-electron chi connectivity index (χ3n) is 2.52. The van der Waals surface area contributed by atoms with Crippen LogP contribution in [0.5, 0.6) is 0 Å². The Balaban J connectivity index is 3.22. The highest BCUT2D eigenvalue weighted by molar-refractivity contribution is 5.94. The summed E-state index contributed by atoms with van der Waals surface area (Å²) >= 11 is 0. The van der Waals surface area contributed by atoms with E-state index in [1.165, 1.54) is 19.2 Å². The van der Waals surface area contributed by atoms with Crippen LogP contribution < -0.4 is 4.90 Å². The zero-order valence-corrected chi connectivity index (χ0v) is 10.7. The van der Waals surface area contributed by atoms with Crippen molar-refractivity contribution in [2.45, 2.75) is 26.4 Å². The maximum absolute atomic E-state index is 12.5. The SMILES string of the molecule is CCCN(CC(F)(F)F)c1nccc(C)c1C(=O)O. The lowest BCUT2D eigenvalue weighted by Gasteiger charge is -2.26. The van der Waals surface area contributed by atoms with E-state index in [0.717, 1.165) is 4.90 Å². The number of aromatic nitrogens is 1. The van der Waals surface area contributed by atoms with E-state index < -0.39 is 18.7 Å². The Hall–Kier alpha value is -1.79. The first-order valence-electron chi connectivity index (χ1n) is 5.77. The number of carbonyl (C=O) groups is 1. The van der Waals surface area contributed by atoms with E-state index in [0.29, 0.717) is 12.0 Å². The molecular weight excluding hydrogens is 261 g/mol. The minimum Gasteiger partial charge on any atom is -0.478 e. The molecule has 0 unspecified atom stereocenters. The maximum Gasteiger partial charge on any atom is 0.405 e. The molecule has 1 aromatic heterocycles. The van der Waals surface area contributed by atoms with Crippen LogP contribution in [-0.4, -0.2) is 35.3 Å². The number of nitrogens with zero attached hydrogens (tertiary/aromatic N) is 2. The Morgan fingerprint density at radius 2 is 2.11 bits per heavy atom. The highest BCUT2D eigenvalue weighted by atomic mass is 19.4. The van der Waals surface area contributed by atoms with E-state index in [1.807, 2.05) is 0 Å². The number of aromatic carboxylic acids is 1. The average molecular weight is 276 g/mol. The van der Waals surface area contributed by atoms with E-state index in [2.05, 4.69) is 4.98 Å². The summed E-state index contributed by atoms with van der Waals surface area (Å²) in [5, 5.41) is 9.11. The molecular formula is C12H15F3N2O2. The Kier molecular flexibility index (Phi) is 4.74. The molecule has 0 atom stereocenters. The van der Waals surface area contributed by atoms with Crippen molar-refractivity contribution in [1.29, 1.82) is 0 Å². The van der Waals surface area contributed by atoms with Crippen LogP contribution >= 0.6 is 0 Å². The second-order valence-electron chi connectivity index (χ2n) is 4.17. The number of aryl methyl sites for hydroxylation is 1. The van der Waals surface area contributed by atoms with Crippen molar-refractivity contribution in [3.05, 3.63) is 23.4 Å². The number of hydrogen-bond donors (Lipinski definition) is 1. The van der Waals surface area contributed by atoms with Gasteiger partial charge in [0, 0.05) is 12.7 Å². The van der Waals surface area contributed by atoms with Crippen molar-refractivity contribution in [3.8, 4) is 0 Å². The minimum atomic E-state index is -4.41. The molecule has 0 fully saturated rings. The summed E-state index contributed by atoms with van der Waals surface area (Å²) in [6, 6.07) is 1.46. The van der Waals surface area contributed by atoms with Crippen LogP contribution in [0.3, 0.4) is 0 Å². The standard InChI is InChI=1S/C12H15F3N2O2/c1-3-6-17(7-12(13,14)15)10-9(11(18)19)8(2)4-5-16-10/h4-5H,3,6-7H2,1-2H3,(H,18,19). The molecule has 19 heavy (non-hydrogen) atoms. The quantitative estimate of drug-likeness (QED) is 0.898. The lowest BCUT2D eigenvalue weighted by Crippen LogP contribution is -2.36. The summed E-state index contributed by atoms with van der Waals surface area (Å²) in [6.45, 7) is 2.14. The van der Waals surface area contributed by atoms with Gasteiger partial charge in [0.15, 0.2) is 0 Å². The number of hydrogen-bond acceptors (Lipinski definition) is 3. The van der Waals surface area contributed by atoms with Gasteiger partial charge in [-0.25, -0.2) is 9.78 Å². The summed E-state index contributed by atoms with van der Waals surface area (Å²) in [4.78, 5) is 15.9. The molecule has 0 bridgehead atoms. The van der Waals surface area contributed by atoms with Crippen molar-refractivity contribution >= 4 is 11.8 Å². The molecule has 0 aliphatic carbocycles. The highest BCUT2D eigenvalue weighted by Crippen LogP contribution is 2.25. The Labute approximate surface area is 108 Å². The minimum absolute atomic E-state index is 0.0935. The Bertz CT molecular complexity index is 461. The van der Waals surface area contributed by atoms with Crippen molar-refractivity contribution in [2.24, 2.45) is 0 Å². The van der Waals surface area contributed by atoms with Crippen molar-refractivity contribution in [2.75, 3.05) is 18.0 Å². The van der Waals surface area contributed by atoms with Gasteiger partial charge < -0.3 is 10.0 Å². The summed E-state index contributed by atoms with van der Waals surface area (Å²) in [5.74, 6) is -1.41. The maximum atomic E-state index is 12.5. The Morgan fingerprint density at radius 3 is 2.58 bits per heavy atom. The van der Waals surface area contributed by atoms with Gasteiger partial charge in [0.2, 0.25) is 0 Å². The molecule has 0 aliphatic rings. The summed E-state index contributed by atoms with van der Waals surface area (Å²) < 4.78 is 37.6. The monoisotopic (exact) mass is 276 g/mol. The van der Waals surface area contributed by atoms with Crippen LogP contribution in [0, 0.1) is 6.92 Å². The lowest BCUT2D eigenvalue weighted by atomic mass is 10.1. The number of pyridine rings is 1. The van der Waals surface area contributed by atoms with E-state index in [-0.39, 0.29) is 17.9 Å². The van der Waals surface area contributed by atoms with Gasteiger partial charge in [-0.05, 0) is 25.0 Å². The van der Waals surface area contributed by atoms with E-state index in [1.54, 1.807) is 6.92 Å². The van der Waals surface area contributed by atoms with Crippen molar-refractivity contribution in [1.82, 2.24) is 4.98 Å². The first-order chi connectivity index (χ1) is 8.76.